The van der Waals surface area contributed by atoms with Crippen molar-refractivity contribution in [3.63, 3.8) is 0 Å². The van der Waals surface area contributed by atoms with Gasteiger partial charge in [0.1, 0.15) is 5.75 Å². The summed E-state index contributed by atoms with van der Waals surface area (Å²) in [4.78, 5) is 11.9. The van der Waals surface area contributed by atoms with Gasteiger partial charge >= 0.3 is 0 Å². The Morgan fingerprint density at radius 1 is 0.903 bits per heavy atom. The molecule has 0 atom stereocenters. The Hall–Kier alpha value is -2.99. The lowest BCUT2D eigenvalue weighted by Crippen LogP contribution is -2.27. The summed E-state index contributed by atoms with van der Waals surface area (Å²) in [7, 11) is 4.94. The van der Waals surface area contributed by atoms with Crippen molar-refractivity contribution in [1.82, 2.24) is 10.6 Å². The Morgan fingerprint density at radius 2 is 1.71 bits per heavy atom. The first-order valence-electron chi connectivity index (χ1n) is 10.6. The van der Waals surface area contributed by atoms with Gasteiger partial charge in [-0.3, -0.25) is 4.79 Å². The Bertz CT molecular complexity index is 836. The van der Waals surface area contributed by atoms with Crippen LogP contribution in [0.1, 0.15) is 30.4 Å². The number of hydrogen-bond donors (Lipinski definition) is 2. The van der Waals surface area contributed by atoms with Gasteiger partial charge in [0.15, 0.2) is 11.5 Å². The van der Waals surface area contributed by atoms with Gasteiger partial charge in [-0.1, -0.05) is 30.4 Å². The highest BCUT2D eigenvalue weighted by atomic mass is 16.5. The topological polar surface area (TPSA) is 68.8 Å². The van der Waals surface area contributed by atoms with Crippen molar-refractivity contribution in [2.45, 2.75) is 25.7 Å². The van der Waals surface area contributed by atoms with E-state index in [0.29, 0.717) is 13.0 Å². The van der Waals surface area contributed by atoms with E-state index in [1.54, 1.807) is 21.3 Å². The lowest BCUT2D eigenvalue weighted by Gasteiger charge is -2.10. The van der Waals surface area contributed by atoms with E-state index >= 15 is 0 Å². The quantitative estimate of drug-likeness (QED) is 0.449. The van der Waals surface area contributed by atoms with Gasteiger partial charge in [0.25, 0.3) is 0 Å². The van der Waals surface area contributed by atoms with Gasteiger partial charge in [0.05, 0.1) is 21.3 Å². The molecule has 2 rings (SSSR count). The van der Waals surface area contributed by atoms with Gasteiger partial charge in [-0.15, -0.1) is 0 Å². The van der Waals surface area contributed by atoms with E-state index < -0.39 is 0 Å². The molecular formula is C25H34N2O4. The summed E-state index contributed by atoms with van der Waals surface area (Å²) < 4.78 is 15.8. The molecule has 1 amide bonds. The number of ether oxygens (including phenoxy) is 3. The molecule has 0 radical (unpaired) electrons. The second kappa shape index (κ2) is 14.1. The molecule has 0 heterocycles. The van der Waals surface area contributed by atoms with Gasteiger partial charge in [-0.05, 0) is 67.7 Å². The average Bonchev–Trinajstić information content (AvgIpc) is 2.80. The first kappa shape index (κ1) is 24.3. The van der Waals surface area contributed by atoms with Gasteiger partial charge in [0.2, 0.25) is 5.91 Å². The summed E-state index contributed by atoms with van der Waals surface area (Å²) in [6.45, 7) is 2.49. The van der Waals surface area contributed by atoms with Crippen LogP contribution >= 0.6 is 0 Å². The lowest BCUT2D eigenvalue weighted by atomic mass is 10.1. The zero-order chi connectivity index (χ0) is 22.3. The molecule has 0 unspecified atom stereocenters. The first-order chi connectivity index (χ1) is 15.2. The van der Waals surface area contributed by atoms with Gasteiger partial charge in [-0.2, -0.15) is 0 Å². The molecule has 0 aromatic heterocycles. The summed E-state index contributed by atoms with van der Waals surface area (Å²) in [5.74, 6) is 2.36. The fourth-order valence-corrected chi connectivity index (χ4v) is 3.14. The molecule has 0 spiro atoms. The van der Waals surface area contributed by atoms with Crippen LogP contribution in [0.25, 0.3) is 6.08 Å². The van der Waals surface area contributed by atoms with Crippen molar-refractivity contribution in [2.24, 2.45) is 0 Å². The predicted molar refractivity (Wildman–Crippen MR) is 125 cm³/mol. The fourth-order valence-electron chi connectivity index (χ4n) is 3.14. The van der Waals surface area contributed by atoms with Crippen molar-refractivity contribution in [1.29, 1.82) is 0 Å². The molecule has 0 bridgehead atoms. The van der Waals surface area contributed by atoms with E-state index in [4.69, 9.17) is 14.2 Å². The SMILES string of the molecule is COc1cccc(/C=C/CC(=O)NCCCNCCCc2ccc(OC)c(OC)c2)c1. The minimum absolute atomic E-state index is 0.0348. The Labute approximate surface area is 185 Å². The van der Waals surface area contributed by atoms with Crippen molar-refractivity contribution >= 4 is 12.0 Å². The molecule has 2 N–H and O–H groups in total. The molecular weight excluding hydrogens is 392 g/mol. The normalized spacial score (nSPS) is 10.8. The van der Waals surface area contributed by atoms with Crippen LogP contribution in [0.2, 0.25) is 0 Å². The van der Waals surface area contributed by atoms with Crippen LogP contribution in [0.3, 0.4) is 0 Å². The highest BCUT2D eigenvalue weighted by molar-refractivity contribution is 5.78. The van der Waals surface area contributed by atoms with E-state index in [-0.39, 0.29) is 5.91 Å². The van der Waals surface area contributed by atoms with Crippen molar-refractivity contribution in [2.75, 3.05) is 41.0 Å². The number of hydrogen-bond acceptors (Lipinski definition) is 5. The van der Waals surface area contributed by atoms with Crippen LogP contribution in [-0.4, -0.2) is 46.9 Å². The third-order valence-corrected chi connectivity index (χ3v) is 4.83. The van der Waals surface area contributed by atoms with Crippen LogP contribution in [0.5, 0.6) is 17.2 Å². The second-order valence-electron chi connectivity index (χ2n) is 7.13. The predicted octanol–water partition coefficient (Wildman–Crippen LogP) is 3.84. The zero-order valence-electron chi connectivity index (χ0n) is 18.8. The van der Waals surface area contributed by atoms with Crippen molar-refractivity contribution in [3.05, 3.63) is 59.7 Å². The number of rotatable bonds is 14. The van der Waals surface area contributed by atoms with Crippen molar-refractivity contribution < 1.29 is 19.0 Å². The highest BCUT2D eigenvalue weighted by Crippen LogP contribution is 2.27. The maximum atomic E-state index is 11.9. The highest BCUT2D eigenvalue weighted by Gasteiger charge is 2.04. The van der Waals surface area contributed by atoms with Gasteiger partial charge in [-0.25, -0.2) is 0 Å². The van der Waals surface area contributed by atoms with Crippen LogP contribution in [0, 0.1) is 0 Å². The number of carbonyl (C=O) groups excluding carboxylic acids is 1. The third kappa shape index (κ3) is 9.13. The average molecular weight is 427 g/mol. The van der Waals surface area contributed by atoms with E-state index in [1.165, 1.54) is 5.56 Å². The molecule has 31 heavy (non-hydrogen) atoms. The Morgan fingerprint density at radius 3 is 2.48 bits per heavy atom. The molecule has 0 fully saturated rings. The smallest absolute Gasteiger partial charge is 0.223 e. The van der Waals surface area contributed by atoms with Crippen molar-refractivity contribution in [3.8, 4) is 17.2 Å². The molecule has 0 aliphatic heterocycles. The molecule has 6 heteroatoms. The lowest BCUT2D eigenvalue weighted by molar-refractivity contribution is -0.120. The standard InChI is InChI=1S/C25H34N2O4/c1-29-22-11-4-8-20(18-22)9-5-12-25(28)27-17-7-16-26-15-6-10-21-13-14-23(30-2)24(19-21)31-3/h4-5,8-9,11,13-14,18-19,26H,6-7,10,12,15-17H2,1-3H3,(H,27,28)/b9-5+. The Balaban J connectivity index is 1.52. The monoisotopic (exact) mass is 426 g/mol. The molecule has 6 nitrogen and oxygen atoms in total. The van der Waals surface area contributed by atoms with Crippen LogP contribution in [-0.2, 0) is 11.2 Å². The third-order valence-electron chi connectivity index (χ3n) is 4.83. The van der Waals surface area contributed by atoms with E-state index in [0.717, 1.165) is 55.2 Å². The maximum Gasteiger partial charge on any atom is 0.223 e. The number of carbonyl (C=O) groups is 1. The summed E-state index contributed by atoms with van der Waals surface area (Å²) in [6.07, 6.45) is 7.09. The fraction of sp³-hybridized carbons (Fsp3) is 0.400. The Kier molecular flexibility index (Phi) is 11.0. The van der Waals surface area contributed by atoms with Crippen LogP contribution < -0.4 is 24.8 Å². The number of benzene rings is 2. The van der Waals surface area contributed by atoms with E-state index in [9.17, 15) is 4.79 Å². The molecule has 0 saturated heterocycles. The number of amides is 1. The van der Waals surface area contributed by atoms with Gasteiger partial charge < -0.3 is 24.8 Å². The van der Waals surface area contributed by atoms with E-state index in [2.05, 4.69) is 16.7 Å². The second-order valence-corrected chi connectivity index (χ2v) is 7.13. The van der Waals surface area contributed by atoms with Crippen LogP contribution in [0.15, 0.2) is 48.5 Å². The summed E-state index contributed by atoms with van der Waals surface area (Å²) in [5, 5.41) is 6.37. The minimum Gasteiger partial charge on any atom is -0.497 e. The molecule has 0 saturated carbocycles. The molecule has 2 aromatic rings. The molecule has 168 valence electrons. The summed E-state index contributed by atoms with van der Waals surface area (Å²) >= 11 is 0. The molecule has 2 aromatic carbocycles. The number of nitrogens with one attached hydrogen (secondary N) is 2. The summed E-state index contributed by atoms with van der Waals surface area (Å²) in [5.41, 5.74) is 2.25. The summed E-state index contributed by atoms with van der Waals surface area (Å²) in [6, 6.07) is 13.8. The number of methoxy groups -OCH3 is 3. The van der Waals surface area contributed by atoms with Gasteiger partial charge in [0, 0.05) is 13.0 Å². The number of aryl methyl sites for hydroxylation is 1. The van der Waals surface area contributed by atoms with E-state index in [1.807, 2.05) is 48.6 Å². The van der Waals surface area contributed by atoms with Crippen LogP contribution in [0.4, 0.5) is 0 Å². The maximum absolute atomic E-state index is 11.9. The molecule has 0 aliphatic carbocycles. The first-order valence-corrected chi connectivity index (χ1v) is 10.6. The molecule has 0 aliphatic rings. The minimum atomic E-state index is 0.0348. The largest absolute Gasteiger partial charge is 0.497 e. The zero-order valence-corrected chi connectivity index (χ0v) is 18.8.